The number of nitrogens with zero attached hydrogens (tertiary/aromatic N) is 1. The molecule has 0 fully saturated rings. The van der Waals surface area contributed by atoms with Crippen molar-refractivity contribution in [2.24, 2.45) is 5.92 Å². The number of nitrogens with one attached hydrogen (secondary N) is 2. The Bertz CT molecular complexity index is 733. The molecule has 2 rings (SSSR count). The van der Waals surface area contributed by atoms with Gasteiger partial charge in [-0.1, -0.05) is 13.8 Å². The number of alkyl halides is 1. The molecule has 1 heterocycles. The van der Waals surface area contributed by atoms with Gasteiger partial charge in [-0.3, -0.25) is 24.1 Å². The van der Waals surface area contributed by atoms with Crippen LogP contribution in [-0.4, -0.2) is 54.0 Å². The Hall–Kier alpha value is -2.41. The van der Waals surface area contributed by atoms with E-state index in [2.05, 4.69) is 10.6 Å². The van der Waals surface area contributed by atoms with Crippen LogP contribution in [0.2, 0.25) is 0 Å². The lowest BCUT2D eigenvalue weighted by Crippen LogP contribution is -2.34. The summed E-state index contributed by atoms with van der Waals surface area (Å²) in [5, 5.41) is 5.29. The van der Waals surface area contributed by atoms with Crippen molar-refractivity contribution in [3.8, 4) is 0 Å². The second kappa shape index (κ2) is 8.80. The minimum absolute atomic E-state index is 0.161. The van der Waals surface area contributed by atoms with Gasteiger partial charge in [-0.2, -0.15) is 0 Å². The third-order valence-electron chi connectivity index (χ3n) is 3.83. The molecular weight excluding hydrogens is 358 g/mol. The van der Waals surface area contributed by atoms with Crippen LogP contribution in [0, 0.1) is 5.92 Å². The van der Waals surface area contributed by atoms with Gasteiger partial charge < -0.3 is 10.6 Å². The molecule has 0 radical (unpaired) electrons. The normalized spacial score (nSPS) is 13.2. The van der Waals surface area contributed by atoms with E-state index in [0.717, 1.165) is 0 Å². The van der Waals surface area contributed by atoms with E-state index >= 15 is 0 Å². The van der Waals surface area contributed by atoms with Gasteiger partial charge in [0.05, 0.1) is 11.1 Å². The number of hydrogen-bond donors (Lipinski definition) is 2. The standard InChI is InChI=1S/C18H22ClN3O4/c1-11(2)10-22-17(25)13-4-3-12(9-14(13)18(22)26)16(24)21-8-7-20-15(23)5-6-19/h3-4,9,11H,5-8,10H2,1-2H3,(H,20,23)(H,21,24). The number of carbonyl (C=O) groups excluding carboxylic acids is 4. The van der Waals surface area contributed by atoms with Crippen molar-refractivity contribution >= 4 is 35.2 Å². The Morgan fingerprint density at radius 3 is 2.38 bits per heavy atom. The molecule has 0 saturated carbocycles. The third kappa shape index (κ3) is 4.60. The van der Waals surface area contributed by atoms with Crippen molar-refractivity contribution in [3.63, 3.8) is 0 Å². The summed E-state index contributed by atoms with van der Waals surface area (Å²) in [6.07, 6.45) is 0.226. The van der Waals surface area contributed by atoms with Crippen LogP contribution in [0.1, 0.15) is 51.3 Å². The van der Waals surface area contributed by atoms with Crippen LogP contribution in [-0.2, 0) is 4.79 Å². The smallest absolute Gasteiger partial charge is 0.261 e. The Morgan fingerprint density at radius 1 is 1.08 bits per heavy atom. The molecule has 1 aliphatic heterocycles. The second-order valence-electron chi connectivity index (χ2n) is 6.42. The first kappa shape index (κ1) is 19.9. The van der Waals surface area contributed by atoms with Crippen molar-refractivity contribution in [1.82, 2.24) is 15.5 Å². The largest absolute Gasteiger partial charge is 0.354 e. The summed E-state index contributed by atoms with van der Waals surface area (Å²) in [6, 6.07) is 4.47. The lowest BCUT2D eigenvalue weighted by Gasteiger charge is -2.15. The Kier molecular flexibility index (Phi) is 6.74. The fourth-order valence-corrected chi connectivity index (χ4v) is 2.79. The molecule has 0 aliphatic carbocycles. The van der Waals surface area contributed by atoms with Crippen LogP contribution >= 0.6 is 11.6 Å². The quantitative estimate of drug-likeness (QED) is 0.405. The lowest BCUT2D eigenvalue weighted by atomic mass is 10.1. The van der Waals surface area contributed by atoms with E-state index in [4.69, 9.17) is 11.6 Å². The first-order valence-corrected chi connectivity index (χ1v) is 8.99. The molecule has 1 aromatic carbocycles. The average molecular weight is 380 g/mol. The van der Waals surface area contributed by atoms with Crippen LogP contribution in [0.15, 0.2) is 18.2 Å². The zero-order valence-electron chi connectivity index (χ0n) is 14.8. The first-order valence-electron chi connectivity index (χ1n) is 8.46. The molecule has 26 heavy (non-hydrogen) atoms. The summed E-state index contributed by atoms with van der Waals surface area (Å²) in [5.41, 5.74) is 0.864. The minimum atomic E-state index is -0.373. The maximum Gasteiger partial charge on any atom is 0.261 e. The van der Waals surface area contributed by atoms with Gasteiger partial charge in [0.1, 0.15) is 0 Å². The number of benzene rings is 1. The highest BCUT2D eigenvalue weighted by molar-refractivity contribution is 6.22. The fourth-order valence-electron chi connectivity index (χ4n) is 2.62. The maximum atomic E-state index is 12.4. The molecule has 1 aliphatic rings. The van der Waals surface area contributed by atoms with Crippen molar-refractivity contribution in [2.45, 2.75) is 20.3 Å². The summed E-state index contributed by atoms with van der Waals surface area (Å²) < 4.78 is 0. The molecule has 0 saturated heterocycles. The van der Waals surface area contributed by atoms with E-state index < -0.39 is 0 Å². The summed E-state index contributed by atoms with van der Waals surface area (Å²) in [4.78, 5) is 49.4. The number of halogens is 1. The number of imide groups is 1. The SMILES string of the molecule is CC(C)CN1C(=O)c2ccc(C(=O)NCCNC(=O)CCCl)cc2C1=O. The predicted octanol–water partition coefficient (Wildman–Crippen LogP) is 1.41. The van der Waals surface area contributed by atoms with Gasteiger partial charge in [0, 0.05) is 37.5 Å². The van der Waals surface area contributed by atoms with Crippen molar-refractivity contribution in [1.29, 1.82) is 0 Å². The average Bonchev–Trinajstić information content (AvgIpc) is 2.83. The Morgan fingerprint density at radius 2 is 1.73 bits per heavy atom. The van der Waals surface area contributed by atoms with Crippen LogP contribution in [0.25, 0.3) is 0 Å². The van der Waals surface area contributed by atoms with E-state index in [-0.39, 0.29) is 60.5 Å². The summed E-state index contributed by atoms with van der Waals surface area (Å²) >= 11 is 5.46. The number of carbonyl (C=O) groups is 4. The monoisotopic (exact) mass is 379 g/mol. The highest BCUT2D eigenvalue weighted by Gasteiger charge is 2.36. The van der Waals surface area contributed by atoms with Gasteiger partial charge in [0.2, 0.25) is 5.91 Å². The zero-order chi connectivity index (χ0) is 19.3. The van der Waals surface area contributed by atoms with E-state index in [0.29, 0.717) is 17.7 Å². The molecule has 0 atom stereocenters. The highest BCUT2D eigenvalue weighted by Crippen LogP contribution is 2.24. The van der Waals surface area contributed by atoms with E-state index in [1.54, 1.807) is 0 Å². The molecule has 0 spiro atoms. The Balaban J connectivity index is 1.98. The van der Waals surface area contributed by atoms with Crippen LogP contribution in [0.4, 0.5) is 0 Å². The molecule has 0 bridgehead atoms. The van der Waals surface area contributed by atoms with Gasteiger partial charge >= 0.3 is 0 Å². The second-order valence-corrected chi connectivity index (χ2v) is 6.80. The molecule has 0 aromatic heterocycles. The van der Waals surface area contributed by atoms with E-state index in [1.165, 1.54) is 23.1 Å². The van der Waals surface area contributed by atoms with E-state index in [1.807, 2.05) is 13.8 Å². The first-order chi connectivity index (χ1) is 12.3. The van der Waals surface area contributed by atoms with Gasteiger partial charge in [-0.25, -0.2) is 0 Å². The number of rotatable bonds is 8. The lowest BCUT2D eigenvalue weighted by molar-refractivity contribution is -0.120. The molecular formula is C18H22ClN3O4. The Labute approximate surface area is 157 Å². The third-order valence-corrected chi connectivity index (χ3v) is 4.02. The summed E-state index contributed by atoms with van der Waals surface area (Å²) in [7, 11) is 0. The zero-order valence-corrected chi connectivity index (χ0v) is 15.6. The number of fused-ring (bicyclic) bond motifs is 1. The highest BCUT2D eigenvalue weighted by atomic mass is 35.5. The summed E-state index contributed by atoms with van der Waals surface area (Å²) in [5.74, 6) is -0.847. The van der Waals surface area contributed by atoms with Crippen molar-refractivity contribution < 1.29 is 19.2 Å². The molecule has 4 amide bonds. The van der Waals surface area contributed by atoms with Crippen molar-refractivity contribution in [3.05, 3.63) is 34.9 Å². The van der Waals surface area contributed by atoms with Crippen LogP contribution in [0.3, 0.4) is 0 Å². The predicted molar refractivity (Wildman–Crippen MR) is 97.3 cm³/mol. The van der Waals surface area contributed by atoms with Gasteiger partial charge in [0.25, 0.3) is 17.7 Å². The molecule has 8 heteroatoms. The van der Waals surface area contributed by atoms with Gasteiger partial charge in [-0.15, -0.1) is 11.6 Å². The van der Waals surface area contributed by atoms with Crippen LogP contribution in [0.5, 0.6) is 0 Å². The minimum Gasteiger partial charge on any atom is -0.354 e. The molecule has 0 unspecified atom stereocenters. The molecule has 2 N–H and O–H groups in total. The topological polar surface area (TPSA) is 95.6 Å². The molecule has 7 nitrogen and oxygen atoms in total. The molecule has 140 valence electrons. The number of hydrogen-bond acceptors (Lipinski definition) is 4. The maximum absolute atomic E-state index is 12.4. The van der Waals surface area contributed by atoms with Gasteiger partial charge in [0.15, 0.2) is 0 Å². The fraction of sp³-hybridized carbons (Fsp3) is 0.444. The van der Waals surface area contributed by atoms with Gasteiger partial charge in [-0.05, 0) is 24.1 Å². The van der Waals surface area contributed by atoms with E-state index in [9.17, 15) is 19.2 Å². The van der Waals surface area contributed by atoms with Crippen molar-refractivity contribution in [2.75, 3.05) is 25.5 Å². The summed E-state index contributed by atoms with van der Waals surface area (Å²) in [6.45, 7) is 4.72. The van der Waals surface area contributed by atoms with Crippen LogP contribution < -0.4 is 10.6 Å². The number of amides is 4. The molecule has 1 aromatic rings.